The Bertz CT molecular complexity index is 571. The third-order valence-electron chi connectivity index (χ3n) is 2.92. The van der Waals surface area contributed by atoms with Crippen LogP contribution in [0.15, 0.2) is 29.0 Å². The number of fused-ring (bicyclic) bond motifs is 3. The number of aryl methyl sites for hydroxylation is 2. The van der Waals surface area contributed by atoms with Gasteiger partial charge < -0.3 is 4.42 Å². The van der Waals surface area contributed by atoms with Crippen molar-refractivity contribution in [2.24, 2.45) is 0 Å². The zero-order chi connectivity index (χ0) is 12.0. The van der Waals surface area contributed by atoms with Crippen LogP contribution in [-0.4, -0.2) is 4.98 Å². The molecule has 0 atom stereocenters. The zero-order valence-corrected chi connectivity index (χ0v) is 8.71. The van der Waals surface area contributed by atoms with Crippen LogP contribution in [0.5, 0.6) is 0 Å². The molecule has 0 bridgehead atoms. The Hall–Kier alpha value is -1.78. The molecule has 0 aromatic carbocycles. The van der Waals surface area contributed by atoms with E-state index in [2.05, 4.69) is 4.98 Å². The number of pyridine rings is 1. The molecule has 2 aromatic rings. The average Bonchev–Trinajstić information content (AvgIpc) is 2.75. The molecule has 3 rings (SSSR count). The van der Waals surface area contributed by atoms with E-state index in [1.165, 1.54) is 6.26 Å². The van der Waals surface area contributed by atoms with Crippen molar-refractivity contribution in [3.8, 4) is 11.3 Å². The van der Waals surface area contributed by atoms with Crippen molar-refractivity contribution >= 4 is 0 Å². The molecule has 17 heavy (non-hydrogen) atoms. The van der Waals surface area contributed by atoms with Gasteiger partial charge in [0.15, 0.2) is 0 Å². The maximum atomic E-state index is 12.6. The first kappa shape index (κ1) is 10.4. The number of nitrogens with zero attached hydrogens (tertiary/aromatic N) is 1. The molecule has 0 saturated heterocycles. The van der Waals surface area contributed by atoms with E-state index >= 15 is 0 Å². The number of rotatable bonds is 0. The molecule has 2 aromatic heterocycles. The summed E-state index contributed by atoms with van der Waals surface area (Å²) in [5.74, 6) is 0.518. The van der Waals surface area contributed by atoms with Crippen LogP contribution in [-0.2, 0) is 19.0 Å². The molecule has 0 unspecified atom stereocenters. The lowest BCUT2D eigenvalue weighted by atomic mass is 9.94. The van der Waals surface area contributed by atoms with E-state index < -0.39 is 11.7 Å². The molecule has 0 radical (unpaired) electrons. The highest BCUT2D eigenvalue weighted by Crippen LogP contribution is 2.37. The molecule has 1 aliphatic carbocycles. The van der Waals surface area contributed by atoms with Crippen molar-refractivity contribution in [1.29, 1.82) is 0 Å². The Balaban J connectivity index is 2.18. The van der Waals surface area contributed by atoms with E-state index in [0.29, 0.717) is 23.4 Å². The van der Waals surface area contributed by atoms with Crippen LogP contribution in [0.2, 0.25) is 0 Å². The van der Waals surface area contributed by atoms with Crippen molar-refractivity contribution < 1.29 is 17.6 Å². The molecule has 1 aliphatic rings. The Morgan fingerprint density at radius 3 is 2.82 bits per heavy atom. The first-order chi connectivity index (χ1) is 8.05. The van der Waals surface area contributed by atoms with Crippen LogP contribution >= 0.6 is 0 Å². The fourth-order valence-electron chi connectivity index (χ4n) is 2.07. The quantitative estimate of drug-likeness (QED) is 0.703. The predicted octanol–water partition coefficient (Wildman–Crippen LogP) is 3.46. The third-order valence-corrected chi connectivity index (χ3v) is 2.92. The molecule has 88 valence electrons. The first-order valence-electron chi connectivity index (χ1n) is 5.18. The summed E-state index contributed by atoms with van der Waals surface area (Å²) in [5, 5.41) is 0. The highest BCUT2D eigenvalue weighted by Gasteiger charge is 2.33. The summed E-state index contributed by atoms with van der Waals surface area (Å²) in [6.07, 6.45) is -0.573. The second kappa shape index (κ2) is 3.35. The molecule has 0 saturated carbocycles. The summed E-state index contributed by atoms with van der Waals surface area (Å²) in [7, 11) is 0. The van der Waals surface area contributed by atoms with Crippen molar-refractivity contribution in [2.45, 2.75) is 19.0 Å². The van der Waals surface area contributed by atoms with Gasteiger partial charge in [-0.1, -0.05) is 0 Å². The smallest absolute Gasteiger partial charge is 0.417 e. The van der Waals surface area contributed by atoms with Gasteiger partial charge in [0.25, 0.3) is 0 Å². The van der Waals surface area contributed by atoms with E-state index in [1.807, 2.05) is 0 Å². The summed E-state index contributed by atoms with van der Waals surface area (Å²) < 4.78 is 43.0. The Morgan fingerprint density at radius 1 is 1.24 bits per heavy atom. The normalized spacial score (nSPS) is 14.3. The van der Waals surface area contributed by atoms with Crippen LogP contribution in [0, 0.1) is 0 Å². The molecule has 2 nitrogen and oxygen atoms in total. The predicted molar refractivity (Wildman–Crippen MR) is 54.3 cm³/mol. The topological polar surface area (TPSA) is 26.0 Å². The van der Waals surface area contributed by atoms with Crippen LogP contribution in [0.4, 0.5) is 13.2 Å². The number of halogens is 3. The summed E-state index contributed by atoms with van der Waals surface area (Å²) in [4.78, 5) is 3.88. The molecule has 0 fully saturated rings. The molecule has 0 spiro atoms. The van der Waals surface area contributed by atoms with Crippen molar-refractivity contribution in [2.75, 3.05) is 0 Å². The van der Waals surface area contributed by atoms with Gasteiger partial charge in [0.1, 0.15) is 5.76 Å². The molecule has 0 amide bonds. The zero-order valence-electron chi connectivity index (χ0n) is 8.71. The van der Waals surface area contributed by atoms with Gasteiger partial charge in [-0.2, -0.15) is 13.2 Å². The van der Waals surface area contributed by atoms with Crippen LogP contribution in [0.25, 0.3) is 11.3 Å². The van der Waals surface area contributed by atoms with Crippen LogP contribution in [0.3, 0.4) is 0 Å². The molecule has 5 heteroatoms. The van der Waals surface area contributed by atoms with Gasteiger partial charge >= 0.3 is 6.18 Å². The SMILES string of the molecule is FC(F)(F)c1cnc2c(c1)-c1occc1CC2. The molecular formula is C12H8F3NO. The Morgan fingerprint density at radius 2 is 2.06 bits per heavy atom. The van der Waals surface area contributed by atoms with Crippen LogP contribution in [0.1, 0.15) is 16.8 Å². The van der Waals surface area contributed by atoms with Crippen LogP contribution < -0.4 is 0 Å². The summed E-state index contributed by atoms with van der Waals surface area (Å²) in [6, 6.07) is 2.91. The van der Waals surface area contributed by atoms with E-state index in [1.54, 1.807) is 6.07 Å². The number of aromatic nitrogens is 1. The van der Waals surface area contributed by atoms with E-state index in [-0.39, 0.29) is 0 Å². The third kappa shape index (κ3) is 1.62. The van der Waals surface area contributed by atoms with Gasteiger partial charge in [0, 0.05) is 11.8 Å². The minimum atomic E-state index is -4.37. The van der Waals surface area contributed by atoms with E-state index in [0.717, 1.165) is 24.2 Å². The molecule has 0 N–H and O–H groups in total. The monoisotopic (exact) mass is 239 g/mol. The lowest BCUT2D eigenvalue weighted by Crippen LogP contribution is -2.10. The van der Waals surface area contributed by atoms with Gasteiger partial charge in [0.2, 0.25) is 0 Å². The van der Waals surface area contributed by atoms with Gasteiger partial charge in [0.05, 0.1) is 17.5 Å². The van der Waals surface area contributed by atoms with Gasteiger partial charge in [-0.05, 0) is 30.5 Å². The highest BCUT2D eigenvalue weighted by molar-refractivity contribution is 5.67. The van der Waals surface area contributed by atoms with Crippen molar-refractivity contribution in [1.82, 2.24) is 4.98 Å². The second-order valence-corrected chi connectivity index (χ2v) is 3.99. The molecular weight excluding hydrogens is 231 g/mol. The lowest BCUT2D eigenvalue weighted by molar-refractivity contribution is -0.137. The Kier molecular flexibility index (Phi) is 2.05. The standard InChI is InChI=1S/C12H8F3NO/c13-12(14,15)8-5-9-10(16-6-8)2-1-7-3-4-17-11(7)9/h3-6H,1-2H2. The largest absolute Gasteiger partial charge is 0.464 e. The van der Waals surface area contributed by atoms with Crippen molar-refractivity contribution in [3.63, 3.8) is 0 Å². The number of hydrogen-bond donors (Lipinski definition) is 0. The van der Waals surface area contributed by atoms with Gasteiger partial charge in [-0.25, -0.2) is 0 Å². The lowest BCUT2D eigenvalue weighted by Gasteiger charge is -2.16. The first-order valence-corrected chi connectivity index (χ1v) is 5.18. The second-order valence-electron chi connectivity index (χ2n) is 3.99. The number of hydrogen-bond acceptors (Lipinski definition) is 2. The number of furan rings is 1. The number of alkyl halides is 3. The maximum absolute atomic E-state index is 12.6. The fraction of sp³-hybridized carbons (Fsp3) is 0.250. The molecule has 0 aliphatic heterocycles. The fourth-order valence-corrected chi connectivity index (χ4v) is 2.07. The minimum Gasteiger partial charge on any atom is -0.464 e. The highest BCUT2D eigenvalue weighted by atomic mass is 19.4. The Labute approximate surface area is 95.1 Å². The maximum Gasteiger partial charge on any atom is 0.417 e. The average molecular weight is 239 g/mol. The summed E-state index contributed by atoms with van der Waals surface area (Å²) in [5.41, 5.74) is 1.34. The van der Waals surface area contributed by atoms with Crippen molar-refractivity contribution in [3.05, 3.63) is 41.4 Å². The minimum absolute atomic E-state index is 0.464. The summed E-state index contributed by atoms with van der Waals surface area (Å²) >= 11 is 0. The van der Waals surface area contributed by atoms with Gasteiger partial charge in [-0.3, -0.25) is 4.98 Å². The summed E-state index contributed by atoms with van der Waals surface area (Å²) in [6.45, 7) is 0. The van der Waals surface area contributed by atoms with Gasteiger partial charge in [-0.15, -0.1) is 0 Å². The van der Waals surface area contributed by atoms with E-state index in [9.17, 15) is 13.2 Å². The van der Waals surface area contributed by atoms with E-state index in [4.69, 9.17) is 4.42 Å². The molecule has 2 heterocycles.